The Morgan fingerprint density at radius 2 is 1.76 bits per heavy atom. The first-order chi connectivity index (χ1) is 12.0. The second kappa shape index (κ2) is 7.66. The highest BCUT2D eigenvalue weighted by Crippen LogP contribution is 2.12. The minimum atomic E-state index is 0.00960. The number of amides is 1. The molecule has 0 spiro atoms. The van der Waals surface area contributed by atoms with E-state index in [1.807, 2.05) is 48.4 Å². The van der Waals surface area contributed by atoms with Crippen LogP contribution in [0.2, 0.25) is 0 Å². The van der Waals surface area contributed by atoms with Crippen molar-refractivity contribution in [3.05, 3.63) is 69.6 Å². The van der Waals surface area contributed by atoms with Gasteiger partial charge in [-0.1, -0.05) is 30.3 Å². The summed E-state index contributed by atoms with van der Waals surface area (Å²) in [4.78, 5) is 28.3. The molecule has 1 amide bonds. The first-order valence-corrected chi connectivity index (χ1v) is 8.73. The van der Waals surface area contributed by atoms with E-state index in [1.165, 1.54) is 5.56 Å². The van der Waals surface area contributed by atoms with E-state index < -0.39 is 0 Å². The molecule has 0 aliphatic carbocycles. The predicted molar refractivity (Wildman–Crippen MR) is 98.4 cm³/mol. The number of piperazine rings is 1. The molecule has 1 aliphatic rings. The molecule has 3 rings (SSSR count). The summed E-state index contributed by atoms with van der Waals surface area (Å²) >= 11 is 0. The molecule has 132 valence electrons. The van der Waals surface area contributed by atoms with Crippen LogP contribution in [-0.4, -0.2) is 46.5 Å². The zero-order valence-electron chi connectivity index (χ0n) is 14.9. The van der Waals surface area contributed by atoms with Crippen molar-refractivity contribution in [3.63, 3.8) is 0 Å². The lowest BCUT2D eigenvalue weighted by Crippen LogP contribution is -2.48. The fourth-order valence-electron chi connectivity index (χ4n) is 3.24. The lowest BCUT2D eigenvalue weighted by molar-refractivity contribution is -0.132. The van der Waals surface area contributed by atoms with Crippen LogP contribution in [0.1, 0.15) is 16.7 Å². The summed E-state index contributed by atoms with van der Waals surface area (Å²) in [6.45, 7) is 6.11. The molecule has 0 unspecified atom stereocenters. The van der Waals surface area contributed by atoms with Crippen molar-refractivity contribution < 1.29 is 4.79 Å². The van der Waals surface area contributed by atoms with Gasteiger partial charge in [0.25, 0.3) is 0 Å². The van der Waals surface area contributed by atoms with Crippen LogP contribution in [0.5, 0.6) is 0 Å². The van der Waals surface area contributed by atoms with Gasteiger partial charge >= 0.3 is 0 Å². The van der Waals surface area contributed by atoms with Crippen molar-refractivity contribution in [1.82, 2.24) is 14.4 Å². The summed E-state index contributed by atoms with van der Waals surface area (Å²) in [6, 6.07) is 11.6. The van der Waals surface area contributed by atoms with E-state index in [0.717, 1.165) is 43.9 Å². The molecule has 1 aliphatic heterocycles. The lowest BCUT2D eigenvalue weighted by Gasteiger charge is -2.35. The Morgan fingerprint density at radius 3 is 2.44 bits per heavy atom. The Labute approximate surface area is 148 Å². The number of nitrogens with zero attached hydrogens (tertiary/aromatic N) is 3. The molecular weight excluding hydrogens is 314 g/mol. The van der Waals surface area contributed by atoms with Gasteiger partial charge in [0.05, 0.1) is 6.42 Å². The van der Waals surface area contributed by atoms with E-state index in [9.17, 15) is 9.59 Å². The van der Waals surface area contributed by atoms with Gasteiger partial charge in [0.2, 0.25) is 11.5 Å². The number of aryl methyl sites for hydroxylation is 2. The Balaban J connectivity index is 1.53. The van der Waals surface area contributed by atoms with Gasteiger partial charge in [0.1, 0.15) is 0 Å². The fraction of sp³-hybridized carbons (Fsp3) is 0.400. The average Bonchev–Trinajstić information content (AvgIpc) is 2.61. The maximum Gasteiger partial charge on any atom is 0.250 e. The zero-order valence-corrected chi connectivity index (χ0v) is 14.9. The second-order valence-electron chi connectivity index (χ2n) is 6.75. The molecule has 1 aromatic heterocycles. The molecular formula is C20H25N3O2. The van der Waals surface area contributed by atoms with Crippen LogP contribution in [0.15, 0.2) is 47.4 Å². The SMILES string of the molecule is Cc1ccccc1CC(=O)N1CCN(Cc2ccc(=O)n(C)c2)CC1. The van der Waals surface area contributed by atoms with Crippen LogP contribution in [0.3, 0.4) is 0 Å². The summed E-state index contributed by atoms with van der Waals surface area (Å²) < 4.78 is 1.61. The van der Waals surface area contributed by atoms with E-state index in [0.29, 0.717) is 6.42 Å². The normalized spacial score (nSPS) is 15.4. The molecule has 0 radical (unpaired) electrons. The van der Waals surface area contributed by atoms with Crippen LogP contribution >= 0.6 is 0 Å². The number of rotatable bonds is 4. The van der Waals surface area contributed by atoms with Gasteiger partial charge in [-0.15, -0.1) is 0 Å². The monoisotopic (exact) mass is 339 g/mol. The third-order valence-corrected chi connectivity index (χ3v) is 4.88. The van der Waals surface area contributed by atoms with Crippen molar-refractivity contribution in [3.8, 4) is 0 Å². The number of pyridine rings is 1. The van der Waals surface area contributed by atoms with Crippen molar-refractivity contribution in [1.29, 1.82) is 0 Å². The minimum absolute atomic E-state index is 0.00960. The quantitative estimate of drug-likeness (QED) is 0.850. The highest BCUT2D eigenvalue weighted by Gasteiger charge is 2.21. The Kier molecular flexibility index (Phi) is 5.34. The summed E-state index contributed by atoms with van der Waals surface area (Å²) in [7, 11) is 1.77. The smallest absolute Gasteiger partial charge is 0.250 e. The van der Waals surface area contributed by atoms with Crippen LogP contribution in [0.25, 0.3) is 0 Å². The summed E-state index contributed by atoms with van der Waals surface area (Å²) in [5, 5.41) is 0. The van der Waals surface area contributed by atoms with Gasteiger partial charge in [0.15, 0.2) is 0 Å². The summed E-state index contributed by atoms with van der Waals surface area (Å²) in [5.74, 6) is 0.205. The molecule has 5 nitrogen and oxygen atoms in total. The molecule has 0 atom stereocenters. The maximum absolute atomic E-state index is 12.5. The van der Waals surface area contributed by atoms with E-state index in [1.54, 1.807) is 17.7 Å². The number of benzene rings is 1. The third kappa shape index (κ3) is 4.37. The Hall–Kier alpha value is -2.40. The summed E-state index contributed by atoms with van der Waals surface area (Å²) in [6.07, 6.45) is 2.37. The molecule has 1 aromatic carbocycles. The number of hydrogen-bond acceptors (Lipinski definition) is 3. The zero-order chi connectivity index (χ0) is 17.8. The van der Waals surface area contributed by atoms with E-state index in [4.69, 9.17) is 0 Å². The molecule has 2 aromatic rings. The van der Waals surface area contributed by atoms with E-state index >= 15 is 0 Å². The molecule has 25 heavy (non-hydrogen) atoms. The number of carbonyl (C=O) groups excluding carboxylic acids is 1. The highest BCUT2D eigenvalue weighted by atomic mass is 16.2. The molecule has 0 bridgehead atoms. The van der Waals surface area contributed by atoms with Crippen LogP contribution < -0.4 is 5.56 Å². The van der Waals surface area contributed by atoms with Crippen LogP contribution in [0, 0.1) is 6.92 Å². The molecule has 1 saturated heterocycles. The lowest BCUT2D eigenvalue weighted by atomic mass is 10.1. The van der Waals surface area contributed by atoms with Gasteiger partial charge in [-0.05, 0) is 23.6 Å². The van der Waals surface area contributed by atoms with Gasteiger partial charge in [-0.25, -0.2) is 0 Å². The standard InChI is InChI=1S/C20H25N3O2/c1-16-5-3-4-6-18(16)13-20(25)23-11-9-22(10-12-23)15-17-7-8-19(24)21(2)14-17/h3-8,14H,9-13,15H2,1-2H3. The molecule has 5 heteroatoms. The molecule has 1 fully saturated rings. The number of carbonyl (C=O) groups is 1. The van der Waals surface area contributed by atoms with Gasteiger partial charge < -0.3 is 9.47 Å². The molecule has 0 N–H and O–H groups in total. The number of hydrogen-bond donors (Lipinski definition) is 0. The fourth-order valence-corrected chi connectivity index (χ4v) is 3.24. The first-order valence-electron chi connectivity index (χ1n) is 8.73. The predicted octanol–water partition coefficient (Wildman–Crippen LogP) is 1.58. The van der Waals surface area contributed by atoms with Crippen LogP contribution in [-0.2, 0) is 24.8 Å². The summed E-state index contributed by atoms with van der Waals surface area (Å²) in [5.41, 5.74) is 3.42. The van der Waals surface area contributed by atoms with Crippen molar-refractivity contribution in [2.24, 2.45) is 7.05 Å². The minimum Gasteiger partial charge on any atom is -0.340 e. The van der Waals surface area contributed by atoms with Gasteiger partial charge in [0, 0.05) is 52.0 Å². The van der Waals surface area contributed by atoms with Crippen molar-refractivity contribution in [2.75, 3.05) is 26.2 Å². The maximum atomic E-state index is 12.5. The Morgan fingerprint density at radius 1 is 1.04 bits per heavy atom. The van der Waals surface area contributed by atoms with E-state index in [2.05, 4.69) is 4.90 Å². The largest absolute Gasteiger partial charge is 0.340 e. The molecule has 0 saturated carbocycles. The topological polar surface area (TPSA) is 45.6 Å². The second-order valence-corrected chi connectivity index (χ2v) is 6.75. The van der Waals surface area contributed by atoms with Crippen molar-refractivity contribution in [2.45, 2.75) is 19.9 Å². The number of aromatic nitrogens is 1. The molecule has 2 heterocycles. The van der Waals surface area contributed by atoms with Gasteiger partial charge in [-0.2, -0.15) is 0 Å². The van der Waals surface area contributed by atoms with Crippen molar-refractivity contribution >= 4 is 5.91 Å². The van der Waals surface area contributed by atoms with Gasteiger partial charge in [-0.3, -0.25) is 14.5 Å². The van der Waals surface area contributed by atoms with Crippen LogP contribution in [0.4, 0.5) is 0 Å². The third-order valence-electron chi connectivity index (χ3n) is 4.88. The highest BCUT2D eigenvalue weighted by molar-refractivity contribution is 5.79. The Bertz CT molecular complexity index is 805. The average molecular weight is 339 g/mol. The van der Waals surface area contributed by atoms with E-state index in [-0.39, 0.29) is 11.5 Å². The first kappa shape index (κ1) is 17.4.